The van der Waals surface area contributed by atoms with Crippen LogP contribution in [0.25, 0.3) is 11.0 Å². The Kier molecular flexibility index (Phi) is 3.00. The van der Waals surface area contributed by atoms with E-state index >= 15 is 0 Å². The minimum absolute atomic E-state index is 0.221. The van der Waals surface area contributed by atoms with E-state index in [2.05, 4.69) is 20.4 Å². The molecule has 0 fully saturated rings. The molecule has 8 heteroatoms. The molecule has 0 aliphatic carbocycles. The van der Waals surface area contributed by atoms with Crippen molar-refractivity contribution in [2.24, 2.45) is 0 Å². The third-order valence-corrected chi connectivity index (χ3v) is 3.88. The van der Waals surface area contributed by atoms with Crippen LogP contribution in [-0.4, -0.2) is 33.6 Å². The summed E-state index contributed by atoms with van der Waals surface area (Å²) in [6.45, 7) is 0.706. The summed E-state index contributed by atoms with van der Waals surface area (Å²) in [7, 11) is 1.81. The summed E-state index contributed by atoms with van der Waals surface area (Å²) in [6.07, 6.45) is 3.25. The van der Waals surface area contributed by atoms with Crippen LogP contribution in [0.3, 0.4) is 0 Å². The molecule has 0 unspecified atom stereocenters. The van der Waals surface area contributed by atoms with Crippen LogP contribution in [0.5, 0.6) is 11.5 Å². The van der Waals surface area contributed by atoms with Crippen LogP contribution in [0.1, 0.15) is 5.56 Å². The summed E-state index contributed by atoms with van der Waals surface area (Å²) in [5.41, 5.74) is 1.63. The van der Waals surface area contributed by atoms with E-state index in [1.165, 1.54) is 6.33 Å². The van der Waals surface area contributed by atoms with E-state index in [9.17, 15) is 0 Å². The fourth-order valence-corrected chi connectivity index (χ4v) is 2.66. The second kappa shape index (κ2) is 5.03. The van der Waals surface area contributed by atoms with Gasteiger partial charge in [0, 0.05) is 18.1 Å². The van der Waals surface area contributed by atoms with Gasteiger partial charge in [-0.25, -0.2) is 14.6 Å². The molecular formula is C14H12ClN5O2. The maximum absolute atomic E-state index is 6.31. The van der Waals surface area contributed by atoms with Crippen molar-refractivity contribution in [3.8, 4) is 11.5 Å². The quantitative estimate of drug-likeness (QED) is 0.799. The number of fused-ring (bicyclic) bond motifs is 2. The van der Waals surface area contributed by atoms with Crippen LogP contribution < -0.4 is 14.8 Å². The number of anilines is 1. The molecule has 3 heterocycles. The number of aromatic nitrogens is 4. The Balaban J connectivity index is 1.75. The van der Waals surface area contributed by atoms with Gasteiger partial charge in [-0.1, -0.05) is 11.6 Å². The van der Waals surface area contributed by atoms with Crippen molar-refractivity contribution in [3.05, 3.63) is 35.2 Å². The molecule has 112 valence electrons. The van der Waals surface area contributed by atoms with Gasteiger partial charge in [0.1, 0.15) is 12.1 Å². The highest BCUT2D eigenvalue weighted by atomic mass is 35.5. The summed E-state index contributed by atoms with van der Waals surface area (Å²) in [4.78, 5) is 8.47. The topological polar surface area (TPSA) is 74.1 Å². The van der Waals surface area contributed by atoms with Gasteiger partial charge in [0.2, 0.25) is 6.79 Å². The molecule has 0 amide bonds. The van der Waals surface area contributed by atoms with Crippen LogP contribution in [0, 0.1) is 0 Å². The molecule has 3 aromatic rings. The lowest BCUT2D eigenvalue weighted by Crippen LogP contribution is -2.04. The zero-order chi connectivity index (χ0) is 15.1. The zero-order valence-electron chi connectivity index (χ0n) is 11.7. The van der Waals surface area contributed by atoms with Gasteiger partial charge >= 0.3 is 0 Å². The fraction of sp³-hybridized carbons (Fsp3) is 0.214. The number of hydrogen-bond acceptors (Lipinski definition) is 6. The highest BCUT2D eigenvalue weighted by Crippen LogP contribution is 2.37. The summed E-state index contributed by atoms with van der Waals surface area (Å²) in [5.74, 6) is 2.10. The number of nitrogens with zero attached hydrogens (tertiary/aromatic N) is 4. The predicted octanol–water partition coefficient (Wildman–Crippen LogP) is 2.30. The van der Waals surface area contributed by atoms with Crippen molar-refractivity contribution < 1.29 is 9.47 Å². The first-order valence-electron chi connectivity index (χ1n) is 6.68. The van der Waals surface area contributed by atoms with Crippen LogP contribution in [0.15, 0.2) is 24.7 Å². The van der Waals surface area contributed by atoms with Crippen molar-refractivity contribution in [2.45, 2.75) is 6.54 Å². The number of rotatable bonds is 3. The van der Waals surface area contributed by atoms with Gasteiger partial charge in [-0.15, -0.1) is 0 Å². The highest BCUT2D eigenvalue weighted by Gasteiger charge is 2.18. The first-order valence-corrected chi connectivity index (χ1v) is 7.06. The molecular weight excluding hydrogens is 306 g/mol. The van der Waals surface area contributed by atoms with Gasteiger partial charge < -0.3 is 14.8 Å². The van der Waals surface area contributed by atoms with Crippen molar-refractivity contribution in [1.82, 2.24) is 19.7 Å². The molecule has 0 bridgehead atoms. The molecule has 0 spiro atoms. The number of benzene rings is 1. The highest BCUT2D eigenvalue weighted by molar-refractivity contribution is 6.31. The lowest BCUT2D eigenvalue weighted by molar-refractivity contribution is 0.174. The van der Waals surface area contributed by atoms with Crippen LogP contribution in [-0.2, 0) is 6.54 Å². The molecule has 0 radical (unpaired) electrons. The van der Waals surface area contributed by atoms with Gasteiger partial charge in [0.15, 0.2) is 17.1 Å². The lowest BCUT2D eigenvalue weighted by atomic mass is 10.2. The lowest BCUT2D eigenvalue weighted by Gasteiger charge is -2.07. The number of hydrogen-bond donors (Lipinski definition) is 1. The predicted molar refractivity (Wildman–Crippen MR) is 81.5 cm³/mol. The standard InChI is InChI=1S/C14H12ClN5O2/c1-16-13-9-4-19-20(14(9)18-6-17-13)5-8-2-11-12(3-10(8)15)22-7-21-11/h2-4,6H,5,7H2,1H3,(H,16,17,18). The molecule has 1 aliphatic rings. The van der Waals surface area contributed by atoms with Crippen LogP contribution in [0.2, 0.25) is 5.02 Å². The molecule has 4 rings (SSSR count). The second-order valence-electron chi connectivity index (χ2n) is 4.81. The molecule has 1 aromatic carbocycles. The molecule has 2 aromatic heterocycles. The number of halogens is 1. The summed E-state index contributed by atoms with van der Waals surface area (Å²) in [5, 5.41) is 8.87. The van der Waals surface area contributed by atoms with Gasteiger partial charge in [0.25, 0.3) is 0 Å². The zero-order valence-corrected chi connectivity index (χ0v) is 12.5. The van der Waals surface area contributed by atoms with Crippen molar-refractivity contribution >= 4 is 28.5 Å². The van der Waals surface area contributed by atoms with Gasteiger partial charge in [-0.05, 0) is 11.6 Å². The average molecular weight is 318 g/mol. The molecule has 1 aliphatic heterocycles. The average Bonchev–Trinajstić information content (AvgIpc) is 3.14. The van der Waals surface area contributed by atoms with Gasteiger partial charge in [-0.2, -0.15) is 5.10 Å². The number of ether oxygens (including phenoxy) is 2. The van der Waals surface area contributed by atoms with E-state index in [0.717, 1.165) is 22.4 Å². The Morgan fingerprint density at radius 2 is 2.09 bits per heavy atom. The Bertz CT molecular complexity index is 864. The van der Waals surface area contributed by atoms with E-state index < -0.39 is 0 Å². The maximum Gasteiger partial charge on any atom is 0.231 e. The molecule has 1 N–H and O–H groups in total. The Morgan fingerprint density at radius 1 is 1.27 bits per heavy atom. The van der Waals surface area contributed by atoms with E-state index in [4.69, 9.17) is 21.1 Å². The van der Waals surface area contributed by atoms with E-state index in [-0.39, 0.29) is 6.79 Å². The smallest absolute Gasteiger partial charge is 0.231 e. The van der Waals surface area contributed by atoms with Gasteiger partial charge in [0.05, 0.1) is 18.1 Å². The Labute approximate surface area is 130 Å². The third kappa shape index (κ3) is 2.01. The van der Waals surface area contributed by atoms with Crippen LogP contribution in [0.4, 0.5) is 5.82 Å². The minimum Gasteiger partial charge on any atom is -0.454 e. The van der Waals surface area contributed by atoms with Crippen molar-refractivity contribution in [3.63, 3.8) is 0 Å². The van der Waals surface area contributed by atoms with Crippen molar-refractivity contribution in [1.29, 1.82) is 0 Å². The van der Waals surface area contributed by atoms with Crippen LogP contribution >= 0.6 is 11.6 Å². The third-order valence-electron chi connectivity index (χ3n) is 3.53. The molecule has 22 heavy (non-hydrogen) atoms. The Hall–Kier alpha value is -2.54. The normalized spacial score (nSPS) is 12.8. The number of nitrogens with one attached hydrogen (secondary N) is 1. The Morgan fingerprint density at radius 3 is 2.91 bits per heavy atom. The first-order chi connectivity index (χ1) is 10.8. The second-order valence-corrected chi connectivity index (χ2v) is 5.22. The largest absolute Gasteiger partial charge is 0.454 e. The van der Waals surface area contributed by atoms with Gasteiger partial charge in [-0.3, -0.25) is 0 Å². The van der Waals surface area contributed by atoms with E-state index in [0.29, 0.717) is 23.1 Å². The summed E-state index contributed by atoms with van der Waals surface area (Å²) in [6, 6.07) is 3.64. The first kappa shape index (κ1) is 13.1. The molecule has 0 saturated carbocycles. The molecule has 0 saturated heterocycles. The summed E-state index contributed by atoms with van der Waals surface area (Å²) >= 11 is 6.31. The molecule has 0 atom stereocenters. The van der Waals surface area contributed by atoms with Crippen molar-refractivity contribution in [2.75, 3.05) is 19.2 Å². The van der Waals surface area contributed by atoms with E-state index in [1.54, 1.807) is 16.9 Å². The van der Waals surface area contributed by atoms with E-state index in [1.807, 2.05) is 13.1 Å². The fourth-order valence-electron chi connectivity index (χ4n) is 2.45. The minimum atomic E-state index is 0.221. The maximum atomic E-state index is 6.31. The molecule has 7 nitrogen and oxygen atoms in total. The summed E-state index contributed by atoms with van der Waals surface area (Å²) < 4.78 is 12.5. The SMILES string of the molecule is CNc1ncnc2c1cnn2Cc1cc2c(cc1Cl)OCO2. The monoisotopic (exact) mass is 317 g/mol.